The second-order valence-corrected chi connectivity index (χ2v) is 7.34. The lowest BCUT2D eigenvalue weighted by Gasteiger charge is -2.22. The summed E-state index contributed by atoms with van der Waals surface area (Å²) < 4.78 is 5.60. The van der Waals surface area contributed by atoms with Crippen molar-refractivity contribution >= 4 is 5.97 Å². The number of ether oxygens (including phenoxy) is 1. The molecule has 1 aliphatic carbocycles. The number of carbonyl (C=O) groups excluding carboxylic acids is 1. The molecule has 0 N–H and O–H groups in total. The molecule has 0 unspecified atom stereocenters. The van der Waals surface area contributed by atoms with Gasteiger partial charge in [0.15, 0.2) is 0 Å². The van der Waals surface area contributed by atoms with E-state index in [2.05, 4.69) is 20.8 Å². The molecule has 0 spiro atoms. The second kappa shape index (κ2) is 12.0. The molecule has 0 amide bonds. The predicted octanol–water partition coefficient (Wildman–Crippen LogP) is 6.28. The van der Waals surface area contributed by atoms with Crippen LogP contribution < -0.4 is 0 Å². The molecule has 0 saturated heterocycles. The SMILES string of the molecule is CCCC[C@@H](CC)CC[C@@H](C)OC(=O)CCC1CCCCC1. The summed E-state index contributed by atoms with van der Waals surface area (Å²) in [4.78, 5) is 12.0. The molecule has 0 aliphatic heterocycles. The maximum Gasteiger partial charge on any atom is 0.306 e. The smallest absolute Gasteiger partial charge is 0.306 e. The molecule has 22 heavy (non-hydrogen) atoms. The van der Waals surface area contributed by atoms with Crippen LogP contribution in [0.2, 0.25) is 0 Å². The van der Waals surface area contributed by atoms with Crippen LogP contribution in [0.25, 0.3) is 0 Å². The Morgan fingerprint density at radius 1 is 1.09 bits per heavy atom. The molecule has 0 heterocycles. The molecule has 0 aromatic heterocycles. The molecule has 0 radical (unpaired) electrons. The lowest BCUT2D eigenvalue weighted by atomic mass is 9.86. The minimum atomic E-state index is 0.0275. The first kappa shape index (κ1) is 19.5. The van der Waals surface area contributed by atoms with E-state index in [4.69, 9.17) is 4.74 Å². The number of hydrogen-bond donors (Lipinski definition) is 0. The van der Waals surface area contributed by atoms with Crippen LogP contribution in [-0.2, 0) is 9.53 Å². The first-order chi connectivity index (χ1) is 10.7. The summed E-state index contributed by atoms with van der Waals surface area (Å²) in [6.07, 6.45) is 15.9. The largest absolute Gasteiger partial charge is 0.463 e. The van der Waals surface area contributed by atoms with Gasteiger partial charge in [0.1, 0.15) is 0 Å². The highest BCUT2D eigenvalue weighted by molar-refractivity contribution is 5.69. The van der Waals surface area contributed by atoms with Gasteiger partial charge in [0.05, 0.1) is 6.10 Å². The van der Waals surface area contributed by atoms with Crippen molar-refractivity contribution in [2.75, 3.05) is 0 Å². The van der Waals surface area contributed by atoms with Gasteiger partial charge in [-0.15, -0.1) is 0 Å². The minimum Gasteiger partial charge on any atom is -0.463 e. The van der Waals surface area contributed by atoms with Crippen molar-refractivity contribution in [3.05, 3.63) is 0 Å². The third-order valence-electron chi connectivity index (χ3n) is 5.34. The van der Waals surface area contributed by atoms with Crippen molar-refractivity contribution in [2.24, 2.45) is 11.8 Å². The van der Waals surface area contributed by atoms with Crippen molar-refractivity contribution in [2.45, 2.75) is 110 Å². The van der Waals surface area contributed by atoms with E-state index in [1.807, 2.05) is 0 Å². The maximum atomic E-state index is 12.0. The van der Waals surface area contributed by atoms with E-state index in [0.29, 0.717) is 6.42 Å². The van der Waals surface area contributed by atoms with Crippen LogP contribution in [-0.4, -0.2) is 12.1 Å². The summed E-state index contributed by atoms with van der Waals surface area (Å²) in [7, 11) is 0. The monoisotopic (exact) mass is 310 g/mol. The van der Waals surface area contributed by atoms with E-state index in [0.717, 1.165) is 24.7 Å². The average molecular weight is 311 g/mol. The molecule has 2 nitrogen and oxygen atoms in total. The van der Waals surface area contributed by atoms with Gasteiger partial charge < -0.3 is 4.74 Å². The average Bonchev–Trinajstić information content (AvgIpc) is 2.54. The van der Waals surface area contributed by atoms with E-state index in [1.165, 1.54) is 64.2 Å². The minimum absolute atomic E-state index is 0.0275. The van der Waals surface area contributed by atoms with Gasteiger partial charge in [-0.05, 0) is 38.0 Å². The molecule has 1 rings (SSSR count). The molecular weight excluding hydrogens is 272 g/mol. The van der Waals surface area contributed by atoms with Crippen LogP contribution in [0.1, 0.15) is 104 Å². The van der Waals surface area contributed by atoms with Gasteiger partial charge >= 0.3 is 5.97 Å². The van der Waals surface area contributed by atoms with Gasteiger partial charge in [0.2, 0.25) is 0 Å². The van der Waals surface area contributed by atoms with Gasteiger partial charge in [-0.3, -0.25) is 4.79 Å². The van der Waals surface area contributed by atoms with Crippen LogP contribution in [0, 0.1) is 11.8 Å². The van der Waals surface area contributed by atoms with Gasteiger partial charge in [0.25, 0.3) is 0 Å². The normalized spacial score (nSPS) is 18.9. The van der Waals surface area contributed by atoms with E-state index in [-0.39, 0.29) is 12.1 Å². The molecule has 0 aromatic carbocycles. The van der Waals surface area contributed by atoms with Gasteiger partial charge in [-0.1, -0.05) is 71.6 Å². The van der Waals surface area contributed by atoms with Crippen LogP contribution >= 0.6 is 0 Å². The van der Waals surface area contributed by atoms with Crippen LogP contribution in [0.4, 0.5) is 0 Å². The molecule has 1 fully saturated rings. The fourth-order valence-corrected chi connectivity index (χ4v) is 3.66. The second-order valence-electron chi connectivity index (χ2n) is 7.34. The summed E-state index contributed by atoms with van der Waals surface area (Å²) in [6, 6.07) is 0. The van der Waals surface area contributed by atoms with Gasteiger partial charge in [-0.25, -0.2) is 0 Å². The Bertz CT molecular complexity index is 281. The van der Waals surface area contributed by atoms with E-state index >= 15 is 0 Å². The maximum absolute atomic E-state index is 12.0. The Morgan fingerprint density at radius 3 is 2.45 bits per heavy atom. The molecule has 2 heteroatoms. The zero-order valence-corrected chi connectivity index (χ0v) is 15.2. The lowest BCUT2D eigenvalue weighted by Crippen LogP contribution is -2.17. The first-order valence-corrected chi connectivity index (χ1v) is 9.85. The van der Waals surface area contributed by atoms with Crippen molar-refractivity contribution in [1.82, 2.24) is 0 Å². The third kappa shape index (κ3) is 8.80. The summed E-state index contributed by atoms with van der Waals surface area (Å²) in [5, 5.41) is 0. The predicted molar refractivity (Wildman–Crippen MR) is 93.9 cm³/mol. The molecule has 2 atom stereocenters. The van der Waals surface area contributed by atoms with E-state index in [1.54, 1.807) is 0 Å². The van der Waals surface area contributed by atoms with Crippen molar-refractivity contribution in [1.29, 1.82) is 0 Å². The van der Waals surface area contributed by atoms with Crippen molar-refractivity contribution < 1.29 is 9.53 Å². The summed E-state index contributed by atoms with van der Waals surface area (Å²) in [5.41, 5.74) is 0. The highest BCUT2D eigenvalue weighted by Crippen LogP contribution is 2.27. The zero-order valence-electron chi connectivity index (χ0n) is 15.2. The van der Waals surface area contributed by atoms with Crippen LogP contribution in [0.5, 0.6) is 0 Å². The van der Waals surface area contributed by atoms with E-state index < -0.39 is 0 Å². The van der Waals surface area contributed by atoms with E-state index in [9.17, 15) is 4.79 Å². The lowest BCUT2D eigenvalue weighted by molar-refractivity contribution is -0.149. The molecule has 1 aliphatic rings. The number of unbranched alkanes of at least 4 members (excludes halogenated alkanes) is 1. The Morgan fingerprint density at radius 2 is 1.82 bits per heavy atom. The standard InChI is InChI=1S/C20H38O2/c1-4-6-10-18(5-2)14-13-17(3)22-20(21)16-15-19-11-8-7-9-12-19/h17-19H,4-16H2,1-3H3/t17-,18-/m1/s1. The number of rotatable bonds is 11. The topological polar surface area (TPSA) is 26.3 Å². The Kier molecular flexibility index (Phi) is 10.6. The van der Waals surface area contributed by atoms with Gasteiger partial charge in [-0.2, -0.15) is 0 Å². The summed E-state index contributed by atoms with van der Waals surface area (Å²) in [5.74, 6) is 1.61. The van der Waals surface area contributed by atoms with Crippen LogP contribution in [0.15, 0.2) is 0 Å². The highest BCUT2D eigenvalue weighted by atomic mass is 16.5. The molecule has 0 aromatic rings. The molecule has 0 bridgehead atoms. The number of hydrogen-bond acceptors (Lipinski definition) is 2. The van der Waals surface area contributed by atoms with Crippen molar-refractivity contribution in [3.63, 3.8) is 0 Å². The quantitative estimate of drug-likeness (QED) is 0.420. The number of carbonyl (C=O) groups is 1. The molecular formula is C20H38O2. The third-order valence-corrected chi connectivity index (χ3v) is 5.34. The number of esters is 1. The Labute approximate surface area is 138 Å². The fraction of sp³-hybridized carbons (Fsp3) is 0.950. The van der Waals surface area contributed by atoms with Gasteiger partial charge in [0, 0.05) is 6.42 Å². The van der Waals surface area contributed by atoms with Crippen LogP contribution in [0.3, 0.4) is 0 Å². The Balaban J connectivity index is 2.11. The summed E-state index contributed by atoms with van der Waals surface area (Å²) >= 11 is 0. The Hall–Kier alpha value is -0.530. The zero-order chi connectivity index (χ0) is 16.2. The van der Waals surface area contributed by atoms with Crippen molar-refractivity contribution in [3.8, 4) is 0 Å². The fourth-order valence-electron chi connectivity index (χ4n) is 3.66. The highest BCUT2D eigenvalue weighted by Gasteiger charge is 2.17. The summed E-state index contributed by atoms with van der Waals surface area (Å²) in [6.45, 7) is 6.59. The molecule has 1 saturated carbocycles. The molecule has 130 valence electrons. The first-order valence-electron chi connectivity index (χ1n) is 9.85.